The smallest absolute Gasteiger partial charge is 0.414 e. The molecule has 0 spiro atoms. The highest BCUT2D eigenvalue weighted by Gasteiger charge is 2.25. The van der Waals surface area contributed by atoms with E-state index in [1.165, 1.54) is 4.88 Å². The number of piperazine rings is 1. The number of nitrogens with zero attached hydrogens (tertiary/aromatic N) is 2. The van der Waals surface area contributed by atoms with Crippen molar-refractivity contribution in [2.45, 2.75) is 19.9 Å². The second-order valence-electron chi connectivity index (χ2n) is 5.18. The average molecular weight is 378 g/mol. The van der Waals surface area contributed by atoms with E-state index in [2.05, 4.69) is 22.4 Å². The van der Waals surface area contributed by atoms with Crippen molar-refractivity contribution in [3.05, 3.63) is 22.4 Å². The predicted octanol–water partition coefficient (Wildman–Crippen LogP) is 0.761. The van der Waals surface area contributed by atoms with Gasteiger partial charge in [0.1, 0.15) is 0 Å². The van der Waals surface area contributed by atoms with Gasteiger partial charge >= 0.3 is 11.9 Å². The van der Waals surface area contributed by atoms with Gasteiger partial charge in [-0.1, -0.05) is 13.0 Å². The number of rotatable bonds is 5. The van der Waals surface area contributed by atoms with E-state index in [-0.39, 0.29) is 5.75 Å². The van der Waals surface area contributed by atoms with E-state index < -0.39 is 22.0 Å². The van der Waals surface area contributed by atoms with E-state index in [1.807, 2.05) is 6.92 Å². The summed E-state index contributed by atoms with van der Waals surface area (Å²) in [5.41, 5.74) is 0. The lowest BCUT2D eigenvalue weighted by Gasteiger charge is -2.33. The second kappa shape index (κ2) is 9.72. The molecule has 1 aliphatic rings. The minimum Gasteiger partial charge on any atom is -0.473 e. The fourth-order valence-corrected chi connectivity index (χ4v) is 4.42. The Bertz CT molecular complexity index is 610. The van der Waals surface area contributed by atoms with Crippen molar-refractivity contribution in [3.8, 4) is 0 Å². The van der Waals surface area contributed by atoms with Gasteiger partial charge in [0.05, 0.1) is 5.75 Å². The van der Waals surface area contributed by atoms with Gasteiger partial charge in [-0.05, 0) is 17.9 Å². The molecule has 0 atom stereocenters. The Balaban J connectivity index is 0.000000413. The summed E-state index contributed by atoms with van der Waals surface area (Å²) in [4.78, 5) is 21.9. The van der Waals surface area contributed by atoms with Crippen molar-refractivity contribution in [1.29, 1.82) is 0 Å². The molecule has 8 nitrogen and oxygen atoms in total. The highest BCUT2D eigenvalue weighted by Crippen LogP contribution is 2.15. The van der Waals surface area contributed by atoms with Crippen molar-refractivity contribution in [2.75, 3.05) is 31.9 Å². The van der Waals surface area contributed by atoms with E-state index in [4.69, 9.17) is 19.8 Å². The summed E-state index contributed by atoms with van der Waals surface area (Å²) in [5.74, 6) is -3.37. The molecule has 1 aliphatic heterocycles. The number of aliphatic carboxylic acids is 2. The zero-order chi connectivity index (χ0) is 18.2. The minimum atomic E-state index is -3.01. The van der Waals surface area contributed by atoms with Gasteiger partial charge in [0.2, 0.25) is 10.0 Å². The number of thiophene rings is 1. The van der Waals surface area contributed by atoms with E-state index in [1.54, 1.807) is 15.6 Å². The SMILES string of the molecule is CCCS(=O)(=O)N1CCN(Cc2cccs2)CC1.O=C(O)C(=O)O. The quantitative estimate of drug-likeness (QED) is 0.727. The van der Waals surface area contributed by atoms with Crippen molar-refractivity contribution in [1.82, 2.24) is 9.21 Å². The van der Waals surface area contributed by atoms with Gasteiger partial charge in [-0.15, -0.1) is 11.3 Å². The number of hydrogen-bond acceptors (Lipinski definition) is 6. The number of carboxylic acids is 2. The molecule has 0 radical (unpaired) electrons. The molecule has 0 unspecified atom stereocenters. The third-order valence-corrected chi connectivity index (χ3v) is 6.27. The summed E-state index contributed by atoms with van der Waals surface area (Å²) in [6.07, 6.45) is 0.692. The van der Waals surface area contributed by atoms with Crippen LogP contribution in [0.5, 0.6) is 0 Å². The average Bonchev–Trinajstić information content (AvgIpc) is 3.01. The molecule has 24 heavy (non-hydrogen) atoms. The summed E-state index contributed by atoms with van der Waals surface area (Å²) in [6.45, 7) is 5.78. The van der Waals surface area contributed by atoms with Gasteiger partial charge in [0.25, 0.3) is 0 Å². The molecule has 10 heteroatoms. The molecule has 0 bridgehead atoms. The third-order valence-electron chi connectivity index (χ3n) is 3.33. The lowest BCUT2D eigenvalue weighted by atomic mass is 10.3. The molecule has 2 rings (SSSR count). The Morgan fingerprint density at radius 1 is 1.17 bits per heavy atom. The zero-order valence-corrected chi connectivity index (χ0v) is 15.1. The number of sulfonamides is 1. The first-order chi connectivity index (χ1) is 11.3. The monoisotopic (exact) mass is 378 g/mol. The highest BCUT2D eigenvalue weighted by atomic mass is 32.2. The molecule has 2 heterocycles. The lowest BCUT2D eigenvalue weighted by Crippen LogP contribution is -2.48. The first kappa shape index (κ1) is 20.6. The van der Waals surface area contributed by atoms with E-state index in [9.17, 15) is 8.42 Å². The number of hydrogen-bond donors (Lipinski definition) is 2. The highest BCUT2D eigenvalue weighted by molar-refractivity contribution is 7.89. The molecule has 0 aromatic carbocycles. The topological polar surface area (TPSA) is 115 Å². The van der Waals surface area contributed by atoms with Crippen molar-refractivity contribution >= 4 is 33.3 Å². The van der Waals surface area contributed by atoms with Crippen LogP contribution in [0.15, 0.2) is 17.5 Å². The van der Waals surface area contributed by atoms with Gasteiger partial charge in [-0.2, -0.15) is 4.31 Å². The van der Waals surface area contributed by atoms with Crippen molar-refractivity contribution in [3.63, 3.8) is 0 Å². The summed E-state index contributed by atoms with van der Waals surface area (Å²) < 4.78 is 25.5. The lowest BCUT2D eigenvalue weighted by molar-refractivity contribution is -0.159. The Morgan fingerprint density at radius 2 is 1.75 bits per heavy atom. The second-order valence-corrected chi connectivity index (χ2v) is 8.30. The standard InChI is InChI=1S/C12H20N2O2S2.C2H2O4/c1-2-10-18(15,16)14-7-5-13(6-8-14)11-12-4-3-9-17-12;3-1(4)2(5)6/h3-4,9H,2,5-8,10-11H2,1H3;(H,3,4)(H,5,6). The van der Waals surface area contributed by atoms with Gasteiger partial charge < -0.3 is 10.2 Å². The molecule has 2 N–H and O–H groups in total. The molecule has 1 aromatic rings. The van der Waals surface area contributed by atoms with Crippen LogP contribution in [0.3, 0.4) is 0 Å². The Labute approximate surface area is 145 Å². The third kappa shape index (κ3) is 6.95. The Morgan fingerprint density at radius 3 is 2.17 bits per heavy atom. The predicted molar refractivity (Wildman–Crippen MR) is 90.5 cm³/mol. The van der Waals surface area contributed by atoms with Crippen LogP contribution >= 0.6 is 11.3 Å². The van der Waals surface area contributed by atoms with Gasteiger partial charge in [0, 0.05) is 37.6 Å². The van der Waals surface area contributed by atoms with E-state index in [0.29, 0.717) is 19.5 Å². The fourth-order valence-electron chi connectivity index (χ4n) is 2.18. The minimum absolute atomic E-state index is 0.276. The van der Waals surface area contributed by atoms with Crippen molar-refractivity contribution < 1.29 is 28.2 Å². The molecule has 136 valence electrons. The summed E-state index contributed by atoms with van der Waals surface area (Å²) in [6, 6.07) is 4.19. The maximum Gasteiger partial charge on any atom is 0.414 e. The van der Waals surface area contributed by atoms with Crippen LogP contribution in [0, 0.1) is 0 Å². The van der Waals surface area contributed by atoms with Crippen LogP contribution in [0.4, 0.5) is 0 Å². The molecule has 0 saturated carbocycles. The Hall–Kier alpha value is -1.49. The molecule has 1 saturated heterocycles. The van der Waals surface area contributed by atoms with Crippen molar-refractivity contribution in [2.24, 2.45) is 0 Å². The van der Waals surface area contributed by atoms with Crippen LogP contribution < -0.4 is 0 Å². The molecular weight excluding hydrogens is 356 g/mol. The van der Waals surface area contributed by atoms with Gasteiger partial charge in [0.15, 0.2) is 0 Å². The first-order valence-corrected chi connectivity index (χ1v) is 9.94. The number of carbonyl (C=O) groups is 2. The fraction of sp³-hybridized carbons (Fsp3) is 0.571. The molecule has 0 aliphatic carbocycles. The van der Waals surface area contributed by atoms with Gasteiger partial charge in [-0.3, -0.25) is 4.90 Å². The zero-order valence-electron chi connectivity index (χ0n) is 13.4. The van der Waals surface area contributed by atoms with E-state index in [0.717, 1.165) is 19.6 Å². The first-order valence-electron chi connectivity index (χ1n) is 7.45. The van der Waals surface area contributed by atoms with Gasteiger partial charge in [-0.25, -0.2) is 18.0 Å². The van der Waals surface area contributed by atoms with E-state index >= 15 is 0 Å². The molecule has 1 aromatic heterocycles. The summed E-state index contributed by atoms with van der Waals surface area (Å²) >= 11 is 1.76. The Kier molecular flexibility index (Phi) is 8.32. The normalized spacial score (nSPS) is 16.2. The van der Waals surface area contributed by atoms with Crippen LogP contribution in [-0.2, 0) is 26.2 Å². The maximum absolute atomic E-state index is 11.9. The van der Waals surface area contributed by atoms with Crippen LogP contribution in [0.1, 0.15) is 18.2 Å². The number of carboxylic acid groups (broad SMARTS) is 2. The van der Waals surface area contributed by atoms with Crippen LogP contribution in [0.2, 0.25) is 0 Å². The maximum atomic E-state index is 11.9. The molecule has 0 amide bonds. The molecular formula is C14H22N2O6S2. The molecule has 1 fully saturated rings. The van der Waals surface area contributed by atoms with Crippen LogP contribution in [-0.4, -0.2) is 71.7 Å². The largest absolute Gasteiger partial charge is 0.473 e. The van der Waals surface area contributed by atoms with Crippen LogP contribution in [0.25, 0.3) is 0 Å². The summed E-state index contributed by atoms with van der Waals surface area (Å²) in [5, 5.41) is 16.9. The summed E-state index contributed by atoms with van der Waals surface area (Å²) in [7, 11) is -3.01.